The van der Waals surface area contributed by atoms with E-state index in [1.165, 1.54) is 13.2 Å². The van der Waals surface area contributed by atoms with Crippen LogP contribution in [0.25, 0.3) is 11.1 Å². The third-order valence-corrected chi connectivity index (χ3v) is 3.33. The van der Waals surface area contributed by atoms with Crippen molar-refractivity contribution in [3.63, 3.8) is 0 Å². The first kappa shape index (κ1) is 12.5. The van der Waals surface area contributed by atoms with Crippen LogP contribution in [0.15, 0.2) is 24.4 Å². The summed E-state index contributed by atoms with van der Waals surface area (Å²) in [5, 5.41) is 2.70. The number of rotatable bonds is 1. The summed E-state index contributed by atoms with van der Waals surface area (Å²) in [5.41, 5.74) is 1.69. The zero-order valence-corrected chi connectivity index (χ0v) is 11.0. The van der Waals surface area contributed by atoms with E-state index in [4.69, 9.17) is 4.74 Å². The lowest BCUT2D eigenvalue weighted by Crippen LogP contribution is -2.18. The SMILES string of the molecule is COc1cc2c(c(F)n1)-c1cccnc1[C@@H](C)C(=O)N2. The molecule has 1 aliphatic rings. The monoisotopic (exact) mass is 273 g/mol. The van der Waals surface area contributed by atoms with E-state index >= 15 is 0 Å². The topological polar surface area (TPSA) is 64.1 Å². The van der Waals surface area contributed by atoms with Crippen LogP contribution in [0.4, 0.5) is 10.1 Å². The first-order chi connectivity index (χ1) is 9.61. The molecule has 1 atom stereocenters. The zero-order valence-electron chi connectivity index (χ0n) is 11.0. The van der Waals surface area contributed by atoms with Gasteiger partial charge in [0.2, 0.25) is 17.7 Å². The number of carbonyl (C=O) groups is 1. The van der Waals surface area contributed by atoms with E-state index in [1.807, 2.05) is 0 Å². The van der Waals surface area contributed by atoms with Crippen LogP contribution in [0.3, 0.4) is 0 Å². The van der Waals surface area contributed by atoms with Gasteiger partial charge in [-0.05, 0) is 13.0 Å². The maximum absolute atomic E-state index is 14.3. The minimum absolute atomic E-state index is 0.113. The smallest absolute Gasteiger partial charge is 0.233 e. The largest absolute Gasteiger partial charge is 0.481 e. The Morgan fingerprint density at radius 1 is 1.45 bits per heavy atom. The lowest BCUT2D eigenvalue weighted by Gasteiger charge is -2.10. The highest BCUT2D eigenvalue weighted by Crippen LogP contribution is 2.39. The Hall–Kier alpha value is -2.50. The second-order valence-corrected chi connectivity index (χ2v) is 4.53. The molecule has 0 unspecified atom stereocenters. The number of hydrogen-bond acceptors (Lipinski definition) is 4. The number of carbonyl (C=O) groups excluding carboxylic acids is 1. The molecule has 5 nitrogen and oxygen atoms in total. The van der Waals surface area contributed by atoms with Gasteiger partial charge in [0, 0.05) is 17.8 Å². The first-order valence-corrected chi connectivity index (χ1v) is 6.12. The molecule has 1 amide bonds. The summed E-state index contributed by atoms with van der Waals surface area (Å²) in [6.07, 6.45) is 1.59. The molecule has 0 saturated carbocycles. The van der Waals surface area contributed by atoms with Gasteiger partial charge in [-0.25, -0.2) is 0 Å². The third kappa shape index (κ3) is 1.80. The van der Waals surface area contributed by atoms with Crippen LogP contribution in [0, 0.1) is 5.95 Å². The van der Waals surface area contributed by atoms with Crippen molar-refractivity contribution in [1.29, 1.82) is 0 Å². The fourth-order valence-electron chi connectivity index (χ4n) is 2.29. The predicted octanol–water partition coefficient (Wildman–Crippen LogP) is 2.35. The molecule has 0 spiro atoms. The van der Waals surface area contributed by atoms with Gasteiger partial charge < -0.3 is 10.1 Å². The number of anilines is 1. The Kier molecular flexibility index (Phi) is 2.85. The van der Waals surface area contributed by atoms with Crippen LogP contribution in [-0.4, -0.2) is 23.0 Å². The Balaban J connectivity index is 2.33. The molecule has 0 aromatic carbocycles. The maximum atomic E-state index is 14.3. The molecule has 3 heterocycles. The Bertz CT molecular complexity index is 703. The molecule has 2 aromatic heterocycles. The fraction of sp³-hybridized carbons (Fsp3) is 0.214. The van der Waals surface area contributed by atoms with Crippen molar-refractivity contribution in [3.05, 3.63) is 36.0 Å². The Morgan fingerprint density at radius 3 is 3.00 bits per heavy atom. The Morgan fingerprint density at radius 2 is 2.25 bits per heavy atom. The number of fused-ring (bicyclic) bond motifs is 3. The summed E-state index contributed by atoms with van der Waals surface area (Å²) in [7, 11) is 1.39. The number of pyridine rings is 2. The molecule has 0 fully saturated rings. The summed E-state index contributed by atoms with van der Waals surface area (Å²) in [6, 6.07) is 4.94. The van der Waals surface area contributed by atoms with Crippen LogP contribution >= 0.6 is 0 Å². The highest BCUT2D eigenvalue weighted by atomic mass is 19.1. The maximum Gasteiger partial charge on any atom is 0.233 e. The fourth-order valence-corrected chi connectivity index (χ4v) is 2.29. The normalized spacial score (nSPS) is 16.8. The minimum Gasteiger partial charge on any atom is -0.481 e. The number of ether oxygens (including phenoxy) is 1. The quantitative estimate of drug-likeness (QED) is 0.810. The second-order valence-electron chi connectivity index (χ2n) is 4.53. The molecule has 1 aliphatic heterocycles. The summed E-state index contributed by atoms with van der Waals surface area (Å²) >= 11 is 0. The lowest BCUT2D eigenvalue weighted by molar-refractivity contribution is -0.117. The van der Waals surface area contributed by atoms with Crippen molar-refractivity contribution >= 4 is 11.6 Å². The van der Waals surface area contributed by atoms with Crippen LogP contribution in [0.5, 0.6) is 5.88 Å². The van der Waals surface area contributed by atoms with Crippen LogP contribution in [0.1, 0.15) is 18.5 Å². The number of methoxy groups -OCH3 is 1. The molecule has 6 heteroatoms. The van der Waals surface area contributed by atoms with E-state index in [2.05, 4.69) is 15.3 Å². The van der Waals surface area contributed by atoms with E-state index in [0.717, 1.165) is 0 Å². The van der Waals surface area contributed by atoms with Crippen molar-refractivity contribution in [3.8, 4) is 17.0 Å². The predicted molar refractivity (Wildman–Crippen MR) is 71.0 cm³/mol. The van der Waals surface area contributed by atoms with Crippen LogP contribution < -0.4 is 10.1 Å². The summed E-state index contributed by atoms with van der Waals surface area (Å²) in [6.45, 7) is 1.73. The van der Waals surface area contributed by atoms with E-state index < -0.39 is 11.9 Å². The van der Waals surface area contributed by atoms with Gasteiger partial charge >= 0.3 is 0 Å². The van der Waals surface area contributed by atoms with Crippen LogP contribution in [0.2, 0.25) is 0 Å². The number of nitrogens with one attached hydrogen (secondary N) is 1. The lowest BCUT2D eigenvalue weighted by atomic mass is 9.98. The molecule has 0 bridgehead atoms. The molecular formula is C14H12FN3O2. The number of halogens is 1. The first-order valence-electron chi connectivity index (χ1n) is 6.12. The second kappa shape index (κ2) is 4.56. The summed E-state index contributed by atoms with van der Waals surface area (Å²) in [5.74, 6) is -1.29. The molecular weight excluding hydrogens is 261 g/mol. The van der Waals surface area contributed by atoms with Gasteiger partial charge in [-0.3, -0.25) is 9.78 Å². The number of hydrogen-bond donors (Lipinski definition) is 1. The van der Waals surface area contributed by atoms with Gasteiger partial charge in [-0.2, -0.15) is 9.37 Å². The van der Waals surface area contributed by atoms with Gasteiger partial charge in [-0.1, -0.05) is 6.07 Å². The average molecular weight is 273 g/mol. The van der Waals surface area contributed by atoms with Gasteiger partial charge in [0.25, 0.3) is 0 Å². The van der Waals surface area contributed by atoms with Crippen molar-refractivity contribution in [2.24, 2.45) is 0 Å². The number of amides is 1. The Labute approximate surface area is 114 Å². The number of nitrogens with zero attached hydrogens (tertiary/aromatic N) is 2. The molecule has 2 aromatic rings. The summed E-state index contributed by atoms with van der Waals surface area (Å²) < 4.78 is 19.2. The van der Waals surface area contributed by atoms with E-state index in [-0.39, 0.29) is 17.4 Å². The molecule has 3 rings (SSSR count). The van der Waals surface area contributed by atoms with Crippen molar-refractivity contribution in [2.45, 2.75) is 12.8 Å². The summed E-state index contributed by atoms with van der Waals surface area (Å²) in [4.78, 5) is 20.1. The molecule has 0 radical (unpaired) electrons. The highest BCUT2D eigenvalue weighted by molar-refractivity contribution is 6.02. The standard InChI is InChI=1S/C14H12FN3O2/c1-7-12-8(4-3-5-16-12)11-9(17-14(7)19)6-10(20-2)18-13(11)15/h3-7H,1-2H3,(H,17,19)/t7-/m1/s1. The van der Waals surface area contributed by atoms with E-state index in [1.54, 1.807) is 25.3 Å². The van der Waals surface area contributed by atoms with Gasteiger partial charge in [0.05, 0.1) is 30.0 Å². The van der Waals surface area contributed by atoms with E-state index in [9.17, 15) is 9.18 Å². The highest BCUT2D eigenvalue weighted by Gasteiger charge is 2.29. The van der Waals surface area contributed by atoms with E-state index in [0.29, 0.717) is 16.9 Å². The minimum atomic E-state index is -0.692. The van der Waals surface area contributed by atoms with Crippen molar-refractivity contribution < 1.29 is 13.9 Å². The van der Waals surface area contributed by atoms with Crippen molar-refractivity contribution in [1.82, 2.24) is 9.97 Å². The molecule has 102 valence electrons. The van der Waals surface area contributed by atoms with Crippen molar-refractivity contribution in [2.75, 3.05) is 12.4 Å². The molecule has 0 saturated heterocycles. The van der Waals surface area contributed by atoms with Gasteiger partial charge in [0.15, 0.2) is 0 Å². The molecule has 0 aliphatic carbocycles. The zero-order chi connectivity index (χ0) is 14.3. The molecule has 20 heavy (non-hydrogen) atoms. The molecule has 1 N–H and O–H groups in total. The third-order valence-electron chi connectivity index (χ3n) is 3.33. The number of aromatic nitrogens is 2. The van der Waals surface area contributed by atoms with Gasteiger partial charge in [0.1, 0.15) is 0 Å². The van der Waals surface area contributed by atoms with Gasteiger partial charge in [-0.15, -0.1) is 0 Å². The average Bonchev–Trinajstić information content (AvgIpc) is 2.55. The van der Waals surface area contributed by atoms with Crippen LogP contribution in [-0.2, 0) is 4.79 Å².